The largest absolute Gasteiger partial charge is 0.489 e. The molecule has 2 aromatic rings. The topological polar surface area (TPSA) is 75.9 Å². The molecule has 4 rings (SSSR count). The van der Waals surface area contributed by atoms with E-state index >= 15 is 0 Å². The molecule has 2 aliphatic heterocycles. The van der Waals surface area contributed by atoms with Gasteiger partial charge in [0.2, 0.25) is 5.91 Å². The van der Waals surface area contributed by atoms with Crippen LogP contribution in [0.3, 0.4) is 0 Å². The quantitative estimate of drug-likeness (QED) is 0.730. The van der Waals surface area contributed by atoms with Gasteiger partial charge in [-0.05, 0) is 64.2 Å². The minimum atomic E-state index is -0.00772. The maximum absolute atomic E-state index is 13.0. The van der Waals surface area contributed by atoms with Gasteiger partial charge >= 0.3 is 0 Å². The van der Waals surface area contributed by atoms with Gasteiger partial charge in [-0.2, -0.15) is 0 Å². The average molecular weight is 426 g/mol. The maximum atomic E-state index is 13.0. The molecular formula is C24H31N3O4. The number of aromatic nitrogens is 1. The number of benzene rings is 1. The third-order valence-electron chi connectivity index (χ3n) is 6.44. The molecule has 7 heteroatoms. The van der Waals surface area contributed by atoms with Crippen molar-refractivity contribution in [3.63, 3.8) is 0 Å². The minimum Gasteiger partial charge on any atom is -0.489 e. The van der Waals surface area contributed by atoms with E-state index in [0.29, 0.717) is 31.0 Å². The zero-order valence-electron chi connectivity index (χ0n) is 18.4. The number of carbonyl (C=O) groups excluding carboxylic acids is 2. The summed E-state index contributed by atoms with van der Waals surface area (Å²) < 4.78 is 11.1. The number of likely N-dealkylation sites (tertiary alicyclic amines) is 2. The zero-order chi connectivity index (χ0) is 21.8. The van der Waals surface area contributed by atoms with Crippen molar-refractivity contribution in [1.82, 2.24) is 15.0 Å². The van der Waals surface area contributed by atoms with Gasteiger partial charge in [0, 0.05) is 37.7 Å². The van der Waals surface area contributed by atoms with E-state index in [0.717, 1.165) is 55.8 Å². The number of piperidine rings is 2. The molecule has 7 nitrogen and oxygen atoms in total. The number of amides is 2. The summed E-state index contributed by atoms with van der Waals surface area (Å²) in [6, 6.07) is 7.28. The third-order valence-corrected chi connectivity index (χ3v) is 6.44. The predicted octanol–water partition coefficient (Wildman–Crippen LogP) is 3.74. The number of hydrogen-bond acceptors (Lipinski definition) is 5. The van der Waals surface area contributed by atoms with Crippen LogP contribution in [0.2, 0.25) is 0 Å². The molecule has 2 saturated heterocycles. The van der Waals surface area contributed by atoms with Crippen molar-refractivity contribution in [2.75, 3.05) is 26.2 Å². The fourth-order valence-electron chi connectivity index (χ4n) is 4.47. The summed E-state index contributed by atoms with van der Waals surface area (Å²) in [5.41, 5.74) is 2.35. The van der Waals surface area contributed by atoms with Crippen LogP contribution in [-0.2, 0) is 11.4 Å². The molecule has 0 saturated carbocycles. The monoisotopic (exact) mass is 425 g/mol. The summed E-state index contributed by atoms with van der Waals surface area (Å²) in [6.07, 6.45) is 4.92. The lowest BCUT2D eigenvalue weighted by atomic mass is 9.94. The molecule has 2 fully saturated rings. The van der Waals surface area contributed by atoms with Crippen LogP contribution in [0.15, 0.2) is 28.8 Å². The number of hydrogen-bond donors (Lipinski definition) is 0. The summed E-state index contributed by atoms with van der Waals surface area (Å²) in [7, 11) is 0. The van der Waals surface area contributed by atoms with Gasteiger partial charge in [-0.3, -0.25) is 9.59 Å². The normalized spacial score (nSPS) is 17.6. The minimum absolute atomic E-state index is 0.00772. The summed E-state index contributed by atoms with van der Waals surface area (Å²) >= 11 is 0. The highest BCUT2D eigenvalue weighted by Crippen LogP contribution is 2.24. The van der Waals surface area contributed by atoms with E-state index in [1.54, 1.807) is 6.07 Å². The Kier molecular flexibility index (Phi) is 6.59. The molecule has 0 spiro atoms. The van der Waals surface area contributed by atoms with Crippen molar-refractivity contribution >= 4 is 11.8 Å². The highest BCUT2D eigenvalue weighted by molar-refractivity contribution is 5.94. The zero-order valence-corrected chi connectivity index (χ0v) is 18.4. The van der Waals surface area contributed by atoms with E-state index in [1.165, 1.54) is 6.42 Å². The highest BCUT2D eigenvalue weighted by Gasteiger charge is 2.31. The smallest absolute Gasteiger partial charge is 0.253 e. The SMILES string of the molecule is Cc1noc(C)c1COc1cccc(C(=O)N2CCC(C(=O)N3CCCCC3)CC2)c1. The van der Waals surface area contributed by atoms with E-state index in [9.17, 15) is 9.59 Å². The molecule has 1 aromatic heterocycles. The number of rotatable bonds is 5. The summed E-state index contributed by atoms with van der Waals surface area (Å²) in [5, 5.41) is 3.94. The van der Waals surface area contributed by atoms with Gasteiger partial charge in [0.1, 0.15) is 18.1 Å². The summed E-state index contributed by atoms with van der Waals surface area (Å²) in [5.74, 6) is 1.70. The molecule has 166 valence electrons. The van der Waals surface area contributed by atoms with E-state index < -0.39 is 0 Å². The van der Waals surface area contributed by atoms with Crippen molar-refractivity contribution in [3.05, 3.63) is 46.8 Å². The van der Waals surface area contributed by atoms with Gasteiger partial charge in [-0.15, -0.1) is 0 Å². The second kappa shape index (κ2) is 9.54. The van der Waals surface area contributed by atoms with Gasteiger partial charge < -0.3 is 19.1 Å². The molecule has 3 heterocycles. The van der Waals surface area contributed by atoms with Crippen molar-refractivity contribution in [2.45, 2.75) is 52.6 Å². The molecule has 0 radical (unpaired) electrons. The van der Waals surface area contributed by atoms with E-state index in [1.807, 2.05) is 41.8 Å². The Hall–Kier alpha value is -2.83. The van der Waals surface area contributed by atoms with Crippen molar-refractivity contribution in [3.8, 4) is 5.75 Å². The Morgan fingerprint density at radius 1 is 1.06 bits per heavy atom. The lowest BCUT2D eigenvalue weighted by molar-refractivity contribution is -0.137. The lowest BCUT2D eigenvalue weighted by Gasteiger charge is -2.35. The van der Waals surface area contributed by atoms with Gasteiger partial charge in [0.25, 0.3) is 5.91 Å². The third kappa shape index (κ3) is 4.92. The molecule has 0 bridgehead atoms. The van der Waals surface area contributed by atoms with Crippen LogP contribution in [0, 0.1) is 19.8 Å². The summed E-state index contributed by atoms with van der Waals surface area (Å²) in [4.78, 5) is 29.7. The second-order valence-corrected chi connectivity index (χ2v) is 8.57. The van der Waals surface area contributed by atoms with Crippen LogP contribution in [0.4, 0.5) is 0 Å². The molecule has 0 N–H and O–H groups in total. The van der Waals surface area contributed by atoms with Gasteiger partial charge in [-0.1, -0.05) is 11.2 Å². The van der Waals surface area contributed by atoms with Crippen LogP contribution in [-0.4, -0.2) is 52.9 Å². The number of nitrogens with zero attached hydrogens (tertiary/aromatic N) is 3. The first-order valence-corrected chi connectivity index (χ1v) is 11.3. The first kappa shape index (κ1) is 21.4. The van der Waals surface area contributed by atoms with Crippen molar-refractivity contribution < 1.29 is 18.8 Å². The van der Waals surface area contributed by atoms with Gasteiger partial charge in [0.15, 0.2) is 0 Å². The fourth-order valence-corrected chi connectivity index (χ4v) is 4.47. The average Bonchev–Trinajstić information content (AvgIpc) is 3.14. The second-order valence-electron chi connectivity index (χ2n) is 8.57. The van der Waals surface area contributed by atoms with Crippen LogP contribution in [0.1, 0.15) is 59.5 Å². The molecule has 0 unspecified atom stereocenters. The van der Waals surface area contributed by atoms with Crippen LogP contribution < -0.4 is 4.74 Å². The van der Waals surface area contributed by atoms with Crippen LogP contribution >= 0.6 is 0 Å². The van der Waals surface area contributed by atoms with E-state index in [-0.39, 0.29) is 17.7 Å². The van der Waals surface area contributed by atoms with E-state index in [2.05, 4.69) is 5.16 Å². The number of aryl methyl sites for hydroxylation is 2. The van der Waals surface area contributed by atoms with Crippen LogP contribution in [0.5, 0.6) is 5.75 Å². The fraction of sp³-hybridized carbons (Fsp3) is 0.542. The van der Waals surface area contributed by atoms with Gasteiger partial charge in [0.05, 0.1) is 11.3 Å². The predicted molar refractivity (Wildman–Crippen MR) is 116 cm³/mol. The molecule has 0 atom stereocenters. The molecule has 0 aliphatic carbocycles. The highest BCUT2D eigenvalue weighted by atomic mass is 16.5. The molecule has 31 heavy (non-hydrogen) atoms. The van der Waals surface area contributed by atoms with E-state index in [4.69, 9.17) is 9.26 Å². The lowest BCUT2D eigenvalue weighted by Crippen LogP contribution is -2.45. The Balaban J connectivity index is 1.32. The van der Waals surface area contributed by atoms with Crippen molar-refractivity contribution in [1.29, 1.82) is 0 Å². The van der Waals surface area contributed by atoms with Gasteiger partial charge in [-0.25, -0.2) is 0 Å². The van der Waals surface area contributed by atoms with Crippen LogP contribution in [0.25, 0.3) is 0 Å². The summed E-state index contributed by atoms with van der Waals surface area (Å²) in [6.45, 7) is 7.10. The first-order valence-electron chi connectivity index (χ1n) is 11.3. The Labute approximate surface area is 183 Å². The molecule has 1 aromatic carbocycles. The first-order chi connectivity index (χ1) is 15.0. The molecule has 2 aliphatic rings. The number of carbonyl (C=O) groups is 2. The number of ether oxygens (including phenoxy) is 1. The standard InChI is InChI=1S/C24H31N3O4/c1-17-22(18(2)31-25-17)16-30-21-8-6-7-20(15-21)24(29)27-13-9-19(10-14-27)23(28)26-11-4-3-5-12-26/h6-8,15,19H,3-5,9-14,16H2,1-2H3. The molecule has 2 amide bonds. The Morgan fingerprint density at radius 3 is 2.48 bits per heavy atom. The Bertz CT molecular complexity index is 905. The molecular weight excluding hydrogens is 394 g/mol. The Morgan fingerprint density at radius 2 is 1.81 bits per heavy atom. The van der Waals surface area contributed by atoms with Crippen molar-refractivity contribution in [2.24, 2.45) is 5.92 Å². The maximum Gasteiger partial charge on any atom is 0.253 e.